The molecule has 2 heterocycles. The predicted octanol–water partition coefficient (Wildman–Crippen LogP) is 14.2. The summed E-state index contributed by atoms with van der Waals surface area (Å²) < 4.78 is 2.36. The topological polar surface area (TPSA) is 30.7 Å². The van der Waals surface area contributed by atoms with Gasteiger partial charge in [-0.3, -0.25) is 0 Å². The molecule has 0 aliphatic carbocycles. The van der Waals surface area contributed by atoms with E-state index in [-0.39, 0.29) is 0 Å². The average molecular weight is 726 g/mol. The van der Waals surface area contributed by atoms with E-state index in [4.69, 9.17) is 9.97 Å². The lowest BCUT2D eigenvalue weighted by Crippen LogP contribution is -1.96. The zero-order chi connectivity index (χ0) is 37.7. The second kappa shape index (κ2) is 13.6. The van der Waals surface area contributed by atoms with Gasteiger partial charge in [0.25, 0.3) is 0 Å². The summed E-state index contributed by atoms with van der Waals surface area (Å²) in [6.45, 7) is 0. The highest BCUT2D eigenvalue weighted by Crippen LogP contribution is 2.36. The smallest absolute Gasteiger partial charge is 0.160 e. The number of fused-ring (bicyclic) bond motifs is 5. The lowest BCUT2D eigenvalue weighted by molar-refractivity contribution is 1.18. The summed E-state index contributed by atoms with van der Waals surface area (Å²) in [6.07, 6.45) is 0. The quantitative estimate of drug-likeness (QED) is 0.171. The van der Waals surface area contributed by atoms with E-state index in [0.717, 1.165) is 39.3 Å². The molecule has 0 aliphatic rings. The van der Waals surface area contributed by atoms with Gasteiger partial charge in [0.05, 0.1) is 22.4 Å². The fraction of sp³-hybridized carbons (Fsp3) is 0. The van der Waals surface area contributed by atoms with Crippen LogP contribution in [0.1, 0.15) is 0 Å². The molecule has 0 spiro atoms. The molecule has 0 saturated heterocycles. The predicted molar refractivity (Wildman–Crippen MR) is 239 cm³/mol. The molecule has 0 radical (unpaired) electrons. The summed E-state index contributed by atoms with van der Waals surface area (Å²) in [5, 5.41) is 7.35. The van der Waals surface area contributed by atoms with Gasteiger partial charge in [0.1, 0.15) is 0 Å². The molecule has 0 amide bonds. The second-order valence-electron chi connectivity index (χ2n) is 14.6. The van der Waals surface area contributed by atoms with Crippen molar-refractivity contribution in [1.29, 1.82) is 0 Å². The van der Waals surface area contributed by atoms with Crippen molar-refractivity contribution in [3.05, 3.63) is 212 Å². The zero-order valence-corrected chi connectivity index (χ0v) is 31.0. The van der Waals surface area contributed by atoms with Crippen LogP contribution in [0, 0.1) is 0 Å². The molecular formula is C54H35N3. The third-order valence-electron chi connectivity index (χ3n) is 11.2. The molecule has 0 bridgehead atoms. The number of hydrogen-bond acceptors (Lipinski definition) is 2. The molecule has 0 N–H and O–H groups in total. The van der Waals surface area contributed by atoms with Gasteiger partial charge in [-0.05, 0) is 86.3 Å². The van der Waals surface area contributed by atoms with Crippen molar-refractivity contribution in [2.24, 2.45) is 0 Å². The Balaban J connectivity index is 0.895. The normalized spacial score (nSPS) is 11.5. The van der Waals surface area contributed by atoms with Crippen LogP contribution in [0.2, 0.25) is 0 Å². The van der Waals surface area contributed by atoms with E-state index >= 15 is 0 Å². The highest BCUT2D eigenvalue weighted by Gasteiger charge is 2.14. The van der Waals surface area contributed by atoms with Gasteiger partial charge in [0.2, 0.25) is 0 Å². The van der Waals surface area contributed by atoms with Gasteiger partial charge < -0.3 is 4.57 Å². The molecule has 0 aliphatic heterocycles. The van der Waals surface area contributed by atoms with Crippen LogP contribution in [0.25, 0.3) is 105 Å². The van der Waals surface area contributed by atoms with Crippen LogP contribution < -0.4 is 0 Å². The van der Waals surface area contributed by atoms with Gasteiger partial charge in [-0.1, -0.05) is 170 Å². The first kappa shape index (κ1) is 32.8. The van der Waals surface area contributed by atoms with Crippen molar-refractivity contribution in [1.82, 2.24) is 14.5 Å². The number of rotatable bonds is 6. The van der Waals surface area contributed by atoms with Crippen LogP contribution in [0.3, 0.4) is 0 Å². The van der Waals surface area contributed by atoms with Crippen molar-refractivity contribution >= 4 is 43.4 Å². The Hall–Kier alpha value is -7.62. The van der Waals surface area contributed by atoms with Crippen molar-refractivity contribution in [3.8, 4) is 61.8 Å². The van der Waals surface area contributed by atoms with Gasteiger partial charge in [0, 0.05) is 33.2 Å². The second-order valence-corrected chi connectivity index (χ2v) is 14.6. The molecule has 2 aromatic heterocycles. The molecule has 9 aromatic carbocycles. The first-order valence-corrected chi connectivity index (χ1v) is 19.4. The largest absolute Gasteiger partial charge is 0.309 e. The Kier molecular flexibility index (Phi) is 7.82. The fourth-order valence-electron chi connectivity index (χ4n) is 8.34. The molecule has 3 nitrogen and oxygen atoms in total. The monoisotopic (exact) mass is 725 g/mol. The molecule has 0 fully saturated rings. The van der Waals surface area contributed by atoms with E-state index in [0.29, 0.717) is 5.82 Å². The molecule has 0 unspecified atom stereocenters. The summed E-state index contributed by atoms with van der Waals surface area (Å²) in [5.41, 5.74) is 13.3. The van der Waals surface area contributed by atoms with Gasteiger partial charge in [-0.25, -0.2) is 9.97 Å². The third-order valence-corrected chi connectivity index (χ3v) is 11.2. The first-order valence-electron chi connectivity index (χ1n) is 19.4. The van der Waals surface area contributed by atoms with Crippen LogP contribution in [-0.2, 0) is 0 Å². The maximum Gasteiger partial charge on any atom is 0.160 e. The summed E-state index contributed by atoms with van der Waals surface area (Å²) >= 11 is 0. The Morgan fingerprint density at radius 1 is 0.298 bits per heavy atom. The lowest BCUT2D eigenvalue weighted by Gasteiger charge is -2.12. The van der Waals surface area contributed by atoms with Crippen LogP contribution in [0.5, 0.6) is 0 Å². The number of benzene rings is 9. The highest BCUT2D eigenvalue weighted by atomic mass is 15.0. The average Bonchev–Trinajstić information content (AvgIpc) is 3.63. The van der Waals surface area contributed by atoms with Gasteiger partial charge in [-0.2, -0.15) is 0 Å². The number of nitrogens with zero attached hydrogens (tertiary/aromatic N) is 3. The van der Waals surface area contributed by atoms with Crippen molar-refractivity contribution < 1.29 is 0 Å². The third kappa shape index (κ3) is 5.85. The Bertz CT molecular complexity index is 3210. The van der Waals surface area contributed by atoms with Gasteiger partial charge in [0.15, 0.2) is 5.82 Å². The maximum atomic E-state index is 5.09. The Morgan fingerprint density at radius 3 is 1.47 bits per heavy atom. The van der Waals surface area contributed by atoms with Gasteiger partial charge >= 0.3 is 0 Å². The molecule has 0 saturated carbocycles. The van der Waals surface area contributed by atoms with E-state index in [1.165, 1.54) is 60.0 Å². The summed E-state index contributed by atoms with van der Waals surface area (Å²) in [7, 11) is 0. The first-order chi connectivity index (χ1) is 28.2. The summed E-state index contributed by atoms with van der Waals surface area (Å²) in [5.74, 6) is 0.716. The van der Waals surface area contributed by atoms with Crippen LogP contribution in [0.15, 0.2) is 212 Å². The molecular weight excluding hydrogens is 691 g/mol. The molecule has 11 aromatic rings. The molecule has 3 heteroatoms. The fourth-order valence-corrected chi connectivity index (χ4v) is 8.34. The van der Waals surface area contributed by atoms with E-state index in [1.54, 1.807) is 0 Å². The molecule has 266 valence electrons. The minimum absolute atomic E-state index is 0.716. The lowest BCUT2D eigenvalue weighted by atomic mass is 9.96. The SMILES string of the molecule is c1ccc(-c2nc(-c3ccc(-c4ccc5cc(-c6ccc(-n7c8ccccc8c8ccccc87)cc6)ccc5c4)cc3)cc(-c3cccc4ccccc34)n2)cc1. The van der Waals surface area contributed by atoms with E-state index in [1.807, 2.05) is 18.2 Å². The number of para-hydroxylation sites is 2. The minimum atomic E-state index is 0.716. The highest BCUT2D eigenvalue weighted by molar-refractivity contribution is 6.09. The summed E-state index contributed by atoms with van der Waals surface area (Å²) in [6, 6.07) is 75.8. The maximum absolute atomic E-state index is 5.09. The van der Waals surface area contributed by atoms with Crippen LogP contribution in [-0.4, -0.2) is 14.5 Å². The van der Waals surface area contributed by atoms with Crippen LogP contribution in [0.4, 0.5) is 0 Å². The number of aromatic nitrogens is 3. The Morgan fingerprint density at radius 2 is 0.807 bits per heavy atom. The summed E-state index contributed by atoms with van der Waals surface area (Å²) in [4.78, 5) is 10.2. The van der Waals surface area contributed by atoms with Crippen molar-refractivity contribution in [2.45, 2.75) is 0 Å². The minimum Gasteiger partial charge on any atom is -0.309 e. The standard InChI is InChI=1S/C54H35N3/c1-2-12-40(13-3-1)54-55-50(35-51(56-54)47-18-10-14-38-11-4-5-15-46(38)47)39-23-21-36(22-24-39)41-25-27-44-34-42(26-28-43(44)33-41)37-29-31-45(32-30-37)57-52-19-8-6-16-48(52)49-17-7-9-20-53(49)57/h1-35H. The molecule has 57 heavy (non-hydrogen) atoms. The van der Waals surface area contributed by atoms with E-state index < -0.39 is 0 Å². The Labute approximate surface area is 330 Å². The zero-order valence-electron chi connectivity index (χ0n) is 31.0. The van der Waals surface area contributed by atoms with E-state index in [2.05, 4.69) is 199 Å². The van der Waals surface area contributed by atoms with Gasteiger partial charge in [-0.15, -0.1) is 0 Å². The van der Waals surface area contributed by atoms with Crippen molar-refractivity contribution in [2.75, 3.05) is 0 Å². The molecule has 11 rings (SSSR count). The number of hydrogen-bond donors (Lipinski definition) is 0. The molecule has 0 atom stereocenters. The van der Waals surface area contributed by atoms with Crippen LogP contribution >= 0.6 is 0 Å². The van der Waals surface area contributed by atoms with Crippen molar-refractivity contribution in [3.63, 3.8) is 0 Å². The van der Waals surface area contributed by atoms with E-state index in [9.17, 15) is 0 Å².